The van der Waals surface area contributed by atoms with Gasteiger partial charge in [-0.15, -0.1) is 0 Å². The molecular weight excluding hydrogens is 252 g/mol. The summed E-state index contributed by atoms with van der Waals surface area (Å²) in [5.41, 5.74) is 0. The van der Waals surface area contributed by atoms with Crippen LogP contribution in [0.3, 0.4) is 0 Å². The van der Waals surface area contributed by atoms with Gasteiger partial charge in [-0.25, -0.2) is 0 Å². The fourth-order valence-electron chi connectivity index (χ4n) is 3.88. The van der Waals surface area contributed by atoms with E-state index in [4.69, 9.17) is 4.74 Å². The van der Waals surface area contributed by atoms with Crippen LogP contribution < -0.4 is 0 Å². The summed E-state index contributed by atoms with van der Waals surface area (Å²) in [5.74, 6) is 0. The fraction of sp³-hybridized carbons (Fsp3) is 1.00. The number of hydrogen-bond acceptors (Lipinski definition) is 4. The van der Waals surface area contributed by atoms with Gasteiger partial charge in [0.2, 0.25) is 0 Å². The van der Waals surface area contributed by atoms with Gasteiger partial charge in [-0.05, 0) is 40.0 Å². The Bertz CT molecular complexity index is 288. The Hall–Kier alpha value is -0.160. The van der Waals surface area contributed by atoms with E-state index in [2.05, 4.69) is 30.6 Å². The van der Waals surface area contributed by atoms with E-state index in [9.17, 15) is 5.11 Å². The van der Waals surface area contributed by atoms with Gasteiger partial charge < -0.3 is 9.84 Å². The average molecular weight is 284 g/mol. The minimum Gasteiger partial charge on any atom is -0.392 e. The number of aliphatic hydroxyl groups is 1. The van der Waals surface area contributed by atoms with Crippen molar-refractivity contribution in [3.63, 3.8) is 0 Å². The van der Waals surface area contributed by atoms with Crippen LogP contribution in [0.2, 0.25) is 0 Å². The van der Waals surface area contributed by atoms with E-state index in [0.29, 0.717) is 24.3 Å². The molecular formula is C16H32N2O2. The van der Waals surface area contributed by atoms with Crippen LogP contribution in [-0.4, -0.2) is 71.5 Å². The lowest BCUT2D eigenvalue weighted by Crippen LogP contribution is -2.58. The SMILES string of the molecule is CC[C@@H]1CN(C2C[C@@H](C)O[C@@H](C)C2)CCN1C[C@H](C)O. The van der Waals surface area contributed by atoms with Crippen molar-refractivity contribution in [3.8, 4) is 0 Å². The Labute approximate surface area is 124 Å². The molecule has 0 aromatic carbocycles. The summed E-state index contributed by atoms with van der Waals surface area (Å²) in [7, 11) is 0. The molecule has 118 valence electrons. The minimum atomic E-state index is -0.223. The van der Waals surface area contributed by atoms with Crippen LogP contribution in [0.4, 0.5) is 0 Å². The summed E-state index contributed by atoms with van der Waals surface area (Å²) in [6.07, 6.45) is 4.05. The van der Waals surface area contributed by atoms with E-state index in [1.54, 1.807) is 0 Å². The van der Waals surface area contributed by atoms with Crippen LogP contribution in [-0.2, 0) is 4.74 Å². The van der Waals surface area contributed by atoms with E-state index < -0.39 is 0 Å². The summed E-state index contributed by atoms with van der Waals surface area (Å²) < 4.78 is 5.86. The van der Waals surface area contributed by atoms with Crippen molar-refractivity contribution in [2.45, 2.75) is 77.4 Å². The zero-order chi connectivity index (χ0) is 14.7. The first-order valence-electron chi connectivity index (χ1n) is 8.31. The van der Waals surface area contributed by atoms with Gasteiger partial charge in [-0.1, -0.05) is 6.92 Å². The van der Waals surface area contributed by atoms with Crippen LogP contribution in [0.15, 0.2) is 0 Å². The predicted molar refractivity (Wildman–Crippen MR) is 81.9 cm³/mol. The number of β-amino-alcohol motifs (C(OH)–C–C–N with tert-alkyl or cyclic N) is 1. The second-order valence-electron chi connectivity index (χ2n) is 6.78. The Kier molecular flexibility index (Phi) is 5.84. The van der Waals surface area contributed by atoms with Gasteiger partial charge in [-0.3, -0.25) is 9.80 Å². The lowest BCUT2D eigenvalue weighted by molar-refractivity contribution is -0.0785. The molecule has 2 aliphatic heterocycles. The van der Waals surface area contributed by atoms with Crippen LogP contribution >= 0.6 is 0 Å². The summed E-state index contributed by atoms with van der Waals surface area (Å²) in [4.78, 5) is 5.13. The monoisotopic (exact) mass is 284 g/mol. The van der Waals surface area contributed by atoms with Crippen molar-refractivity contribution in [1.82, 2.24) is 9.80 Å². The molecule has 2 rings (SSSR count). The molecule has 0 spiro atoms. The smallest absolute Gasteiger partial charge is 0.0639 e. The molecule has 1 unspecified atom stereocenters. The summed E-state index contributed by atoms with van der Waals surface area (Å²) in [6.45, 7) is 12.7. The number of aliphatic hydroxyl groups excluding tert-OH is 1. The van der Waals surface area contributed by atoms with Gasteiger partial charge in [0.15, 0.2) is 0 Å². The maximum Gasteiger partial charge on any atom is 0.0639 e. The number of hydrogen-bond donors (Lipinski definition) is 1. The van der Waals surface area contributed by atoms with Crippen molar-refractivity contribution in [2.75, 3.05) is 26.2 Å². The first-order valence-corrected chi connectivity index (χ1v) is 8.31. The van der Waals surface area contributed by atoms with Gasteiger partial charge in [0, 0.05) is 38.3 Å². The molecule has 0 aromatic heterocycles. The van der Waals surface area contributed by atoms with Crippen LogP contribution in [0, 0.1) is 0 Å². The standard InChI is InChI=1S/C16H32N2O2/c1-5-15-11-18(7-6-17(15)10-12(2)19)16-8-13(3)20-14(4)9-16/h12-16,19H,5-11H2,1-4H3/t12-,13-,14+,15+,16?/m0/s1. The lowest BCUT2D eigenvalue weighted by Gasteiger charge is -2.47. The van der Waals surface area contributed by atoms with E-state index in [0.717, 1.165) is 45.4 Å². The third-order valence-electron chi connectivity index (χ3n) is 4.80. The highest BCUT2D eigenvalue weighted by Gasteiger charge is 2.34. The molecule has 0 radical (unpaired) electrons. The van der Waals surface area contributed by atoms with Gasteiger partial charge in [0.05, 0.1) is 18.3 Å². The zero-order valence-electron chi connectivity index (χ0n) is 13.6. The zero-order valence-corrected chi connectivity index (χ0v) is 13.6. The van der Waals surface area contributed by atoms with Crippen LogP contribution in [0.5, 0.6) is 0 Å². The maximum absolute atomic E-state index is 9.63. The molecule has 4 nitrogen and oxygen atoms in total. The molecule has 0 bridgehead atoms. The second-order valence-corrected chi connectivity index (χ2v) is 6.78. The summed E-state index contributed by atoms with van der Waals surface area (Å²) in [6, 6.07) is 1.27. The van der Waals surface area contributed by atoms with Gasteiger partial charge in [-0.2, -0.15) is 0 Å². The topological polar surface area (TPSA) is 35.9 Å². The minimum absolute atomic E-state index is 0.223. The molecule has 0 amide bonds. The molecule has 2 saturated heterocycles. The van der Waals surface area contributed by atoms with Crippen molar-refractivity contribution < 1.29 is 9.84 Å². The fourth-order valence-corrected chi connectivity index (χ4v) is 3.88. The maximum atomic E-state index is 9.63. The predicted octanol–water partition coefficient (Wildman–Crippen LogP) is 1.72. The van der Waals surface area contributed by atoms with Crippen molar-refractivity contribution >= 4 is 0 Å². The van der Waals surface area contributed by atoms with Crippen molar-refractivity contribution in [3.05, 3.63) is 0 Å². The number of ether oxygens (including phenoxy) is 1. The van der Waals surface area contributed by atoms with Crippen LogP contribution in [0.1, 0.15) is 47.0 Å². The van der Waals surface area contributed by atoms with Crippen LogP contribution in [0.25, 0.3) is 0 Å². The van der Waals surface area contributed by atoms with E-state index in [1.807, 2.05) is 6.92 Å². The lowest BCUT2D eigenvalue weighted by atomic mass is 9.96. The third kappa shape index (κ3) is 4.17. The molecule has 4 heteroatoms. The van der Waals surface area contributed by atoms with E-state index in [-0.39, 0.29) is 6.10 Å². The Morgan fingerprint density at radius 1 is 1.20 bits per heavy atom. The normalized spacial score (nSPS) is 38.9. The molecule has 0 aromatic rings. The molecule has 1 N–H and O–H groups in total. The molecule has 0 aliphatic carbocycles. The summed E-state index contributed by atoms with van der Waals surface area (Å²) in [5, 5.41) is 9.63. The van der Waals surface area contributed by atoms with E-state index >= 15 is 0 Å². The molecule has 2 aliphatic rings. The highest BCUT2D eigenvalue weighted by molar-refractivity contribution is 4.88. The summed E-state index contributed by atoms with van der Waals surface area (Å²) >= 11 is 0. The van der Waals surface area contributed by atoms with Crippen molar-refractivity contribution in [1.29, 1.82) is 0 Å². The number of rotatable bonds is 4. The Balaban J connectivity index is 1.92. The first kappa shape index (κ1) is 16.2. The van der Waals surface area contributed by atoms with Crippen molar-refractivity contribution in [2.24, 2.45) is 0 Å². The highest BCUT2D eigenvalue weighted by Crippen LogP contribution is 2.26. The molecule has 2 heterocycles. The van der Waals surface area contributed by atoms with Gasteiger partial charge in [0.1, 0.15) is 0 Å². The third-order valence-corrected chi connectivity index (χ3v) is 4.80. The quantitative estimate of drug-likeness (QED) is 0.853. The molecule has 20 heavy (non-hydrogen) atoms. The number of piperazine rings is 1. The highest BCUT2D eigenvalue weighted by atomic mass is 16.5. The average Bonchev–Trinajstić information content (AvgIpc) is 2.37. The Morgan fingerprint density at radius 3 is 2.40 bits per heavy atom. The first-order chi connectivity index (χ1) is 9.49. The van der Waals surface area contributed by atoms with Gasteiger partial charge >= 0.3 is 0 Å². The molecule has 5 atom stereocenters. The molecule has 0 saturated carbocycles. The molecule has 2 fully saturated rings. The van der Waals surface area contributed by atoms with E-state index in [1.165, 1.54) is 0 Å². The van der Waals surface area contributed by atoms with Gasteiger partial charge in [0.25, 0.3) is 0 Å². The second kappa shape index (κ2) is 7.21. The largest absolute Gasteiger partial charge is 0.392 e. The Morgan fingerprint density at radius 2 is 1.85 bits per heavy atom. The number of nitrogens with zero attached hydrogens (tertiary/aromatic N) is 2.